The summed E-state index contributed by atoms with van der Waals surface area (Å²) in [6.45, 7) is 6.96. The average Bonchev–Trinajstić information content (AvgIpc) is 2.53. The molecule has 1 aliphatic heterocycles. The maximum absolute atomic E-state index is 9.82. The van der Waals surface area contributed by atoms with Crippen LogP contribution in [0.4, 0.5) is 0 Å². The van der Waals surface area contributed by atoms with Crippen molar-refractivity contribution in [3.63, 3.8) is 0 Å². The molecular weight excluding hydrogens is 250 g/mol. The maximum atomic E-state index is 9.82. The lowest BCUT2D eigenvalue weighted by Gasteiger charge is -2.36. The first-order valence-electron chi connectivity index (χ1n) is 7.32. The third-order valence-electron chi connectivity index (χ3n) is 3.70. The highest BCUT2D eigenvalue weighted by atomic mass is 16.5. The lowest BCUT2D eigenvalue weighted by molar-refractivity contribution is 0.0283. The summed E-state index contributed by atoms with van der Waals surface area (Å²) in [4.78, 5) is 2.31. The smallest absolute Gasteiger partial charge is 0.145 e. The van der Waals surface area contributed by atoms with Crippen LogP contribution in [-0.4, -0.2) is 44.3 Å². The van der Waals surface area contributed by atoms with Gasteiger partial charge in [0.1, 0.15) is 5.54 Å². The van der Waals surface area contributed by atoms with Crippen molar-refractivity contribution in [3.05, 3.63) is 35.9 Å². The Morgan fingerprint density at radius 3 is 2.60 bits per heavy atom. The Labute approximate surface area is 121 Å². The molecule has 1 N–H and O–H groups in total. The van der Waals surface area contributed by atoms with E-state index in [1.807, 2.05) is 30.3 Å². The minimum absolute atomic E-state index is 0.630. The highest BCUT2D eigenvalue weighted by Crippen LogP contribution is 2.22. The molecule has 0 spiro atoms. The summed E-state index contributed by atoms with van der Waals surface area (Å²) in [5, 5.41) is 13.3. The Balaban J connectivity index is 2.20. The number of hydrogen-bond donors (Lipinski definition) is 1. The number of nitrogens with zero attached hydrogens (tertiary/aromatic N) is 2. The molecule has 2 rings (SSSR count). The number of rotatable bonds is 6. The summed E-state index contributed by atoms with van der Waals surface area (Å²) in [5.41, 5.74) is 0.414. The van der Waals surface area contributed by atoms with E-state index in [1.165, 1.54) is 0 Å². The molecule has 1 atom stereocenters. The Morgan fingerprint density at radius 1 is 1.30 bits per heavy atom. The second-order valence-electron chi connectivity index (χ2n) is 5.20. The molecule has 0 amide bonds. The first-order valence-corrected chi connectivity index (χ1v) is 7.32. The van der Waals surface area contributed by atoms with Crippen LogP contribution >= 0.6 is 0 Å². The highest BCUT2D eigenvalue weighted by molar-refractivity contribution is 5.32. The van der Waals surface area contributed by atoms with Crippen molar-refractivity contribution in [2.45, 2.75) is 18.9 Å². The topological polar surface area (TPSA) is 48.3 Å². The van der Waals surface area contributed by atoms with Gasteiger partial charge < -0.3 is 4.74 Å². The standard InChI is InChI=1S/C16H23N3O/c1-2-8-18-16(13-17,15-6-4-3-5-7-15)14-19-9-11-20-12-10-19/h3-7,18H,2,8-12,14H2,1H3. The molecule has 1 aromatic rings. The predicted octanol–water partition coefficient (Wildman–Crippen LogP) is 1.74. The molecule has 0 aromatic heterocycles. The van der Waals surface area contributed by atoms with Gasteiger partial charge in [0, 0.05) is 19.6 Å². The zero-order valence-electron chi connectivity index (χ0n) is 12.1. The van der Waals surface area contributed by atoms with Crippen LogP contribution in [0.15, 0.2) is 30.3 Å². The highest BCUT2D eigenvalue weighted by Gasteiger charge is 2.34. The molecule has 1 heterocycles. The van der Waals surface area contributed by atoms with E-state index in [4.69, 9.17) is 4.74 Å². The van der Waals surface area contributed by atoms with Crippen LogP contribution in [0.25, 0.3) is 0 Å². The van der Waals surface area contributed by atoms with Gasteiger partial charge in [-0.05, 0) is 18.5 Å². The third-order valence-corrected chi connectivity index (χ3v) is 3.70. The number of hydrogen-bond acceptors (Lipinski definition) is 4. The zero-order valence-corrected chi connectivity index (χ0v) is 12.1. The van der Waals surface area contributed by atoms with Gasteiger partial charge in [-0.25, -0.2) is 0 Å². The second kappa shape index (κ2) is 7.39. The normalized spacial score (nSPS) is 19.2. The molecular formula is C16H23N3O. The average molecular weight is 273 g/mol. The Hall–Kier alpha value is -1.41. The van der Waals surface area contributed by atoms with Crippen molar-refractivity contribution in [2.75, 3.05) is 39.4 Å². The number of nitrogens with one attached hydrogen (secondary N) is 1. The monoisotopic (exact) mass is 273 g/mol. The predicted molar refractivity (Wildman–Crippen MR) is 79.3 cm³/mol. The zero-order chi connectivity index (χ0) is 14.3. The summed E-state index contributed by atoms with van der Waals surface area (Å²) in [5.74, 6) is 0. The van der Waals surface area contributed by atoms with Crippen LogP contribution in [-0.2, 0) is 10.3 Å². The van der Waals surface area contributed by atoms with Gasteiger partial charge in [-0.2, -0.15) is 5.26 Å². The van der Waals surface area contributed by atoms with Crippen LogP contribution in [0.3, 0.4) is 0 Å². The number of ether oxygens (including phenoxy) is 1. The van der Waals surface area contributed by atoms with Crippen molar-refractivity contribution in [3.8, 4) is 6.07 Å². The summed E-state index contributed by atoms with van der Waals surface area (Å²) in [6, 6.07) is 12.6. The summed E-state index contributed by atoms with van der Waals surface area (Å²) < 4.78 is 5.39. The Bertz CT molecular complexity index is 437. The molecule has 4 nitrogen and oxygen atoms in total. The van der Waals surface area contributed by atoms with Gasteiger partial charge in [0.2, 0.25) is 0 Å². The number of benzene rings is 1. The third kappa shape index (κ3) is 3.57. The minimum atomic E-state index is -0.630. The molecule has 1 aromatic carbocycles. The largest absolute Gasteiger partial charge is 0.379 e. The summed E-state index contributed by atoms with van der Waals surface area (Å²) in [7, 11) is 0. The fourth-order valence-corrected chi connectivity index (χ4v) is 2.54. The van der Waals surface area contributed by atoms with Gasteiger partial charge in [0.25, 0.3) is 0 Å². The van der Waals surface area contributed by atoms with Gasteiger partial charge in [0.15, 0.2) is 0 Å². The molecule has 1 fully saturated rings. The van der Waals surface area contributed by atoms with Crippen molar-refractivity contribution in [1.29, 1.82) is 5.26 Å². The molecule has 0 bridgehead atoms. The fourth-order valence-electron chi connectivity index (χ4n) is 2.54. The second-order valence-corrected chi connectivity index (χ2v) is 5.20. The molecule has 1 aliphatic rings. The van der Waals surface area contributed by atoms with E-state index in [1.54, 1.807) is 0 Å². The van der Waals surface area contributed by atoms with E-state index in [0.717, 1.165) is 44.8 Å². The van der Waals surface area contributed by atoms with E-state index >= 15 is 0 Å². The summed E-state index contributed by atoms with van der Waals surface area (Å²) in [6.07, 6.45) is 1.01. The van der Waals surface area contributed by atoms with Gasteiger partial charge in [0.05, 0.1) is 19.3 Å². The van der Waals surface area contributed by atoms with Crippen LogP contribution in [0.1, 0.15) is 18.9 Å². The van der Waals surface area contributed by atoms with Crippen molar-refractivity contribution in [2.24, 2.45) is 0 Å². The molecule has 0 radical (unpaired) electrons. The van der Waals surface area contributed by atoms with Gasteiger partial charge in [-0.1, -0.05) is 37.3 Å². The molecule has 108 valence electrons. The number of nitriles is 1. The van der Waals surface area contributed by atoms with E-state index in [0.29, 0.717) is 6.54 Å². The summed E-state index contributed by atoms with van der Waals surface area (Å²) >= 11 is 0. The SMILES string of the molecule is CCCNC(C#N)(CN1CCOCC1)c1ccccc1. The van der Waals surface area contributed by atoms with E-state index < -0.39 is 5.54 Å². The van der Waals surface area contributed by atoms with Crippen LogP contribution < -0.4 is 5.32 Å². The molecule has 0 aliphatic carbocycles. The molecule has 20 heavy (non-hydrogen) atoms. The molecule has 1 saturated heterocycles. The van der Waals surface area contributed by atoms with E-state index in [2.05, 4.69) is 23.2 Å². The molecule has 0 saturated carbocycles. The maximum Gasteiger partial charge on any atom is 0.145 e. The van der Waals surface area contributed by atoms with Gasteiger partial charge in [-0.3, -0.25) is 10.2 Å². The van der Waals surface area contributed by atoms with Crippen LogP contribution in [0.5, 0.6) is 0 Å². The minimum Gasteiger partial charge on any atom is -0.379 e. The lowest BCUT2D eigenvalue weighted by atomic mass is 9.90. The van der Waals surface area contributed by atoms with Gasteiger partial charge >= 0.3 is 0 Å². The van der Waals surface area contributed by atoms with Crippen LogP contribution in [0, 0.1) is 11.3 Å². The quantitative estimate of drug-likeness (QED) is 0.857. The first-order chi connectivity index (χ1) is 9.80. The number of morpholine rings is 1. The fraction of sp³-hybridized carbons (Fsp3) is 0.562. The van der Waals surface area contributed by atoms with Crippen molar-refractivity contribution >= 4 is 0 Å². The van der Waals surface area contributed by atoms with Crippen LogP contribution in [0.2, 0.25) is 0 Å². The first kappa shape index (κ1) is 15.0. The molecule has 4 heteroatoms. The van der Waals surface area contributed by atoms with E-state index in [9.17, 15) is 5.26 Å². The Kier molecular flexibility index (Phi) is 5.54. The van der Waals surface area contributed by atoms with Crippen molar-refractivity contribution in [1.82, 2.24) is 10.2 Å². The Morgan fingerprint density at radius 2 is 2.00 bits per heavy atom. The van der Waals surface area contributed by atoms with Gasteiger partial charge in [-0.15, -0.1) is 0 Å². The molecule has 1 unspecified atom stereocenters. The lowest BCUT2D eigenvalue weighted by Crippen LogP contribution is -2.52. The van der Waals surface area contributed by atoms with E-state index in [-0.39, 0.29) is 0 Å². The van der Waals surface area contributed by atoms with Crippen molar-refractivity contribution < 1.29 is 4.74 Å².